The van der Waals surface area contributed by atoms with Crippen LogP contribution in [0.4, 0.5) is 5.69 Å². The van der Waals surface area contributed by atoms with Crippen LogP contribution in [0.15, 0.2) is 94.1 Å². The number of ether oxygens (including phenoxy) is 1. The first-order chi connectivity index (χ1) is 21.0. The van der Waals surface area contributed by atoms with E-state index >= 15 is 0 Å². The van der Waals surface area contributed by atoms with Crippen LogP contribution < -0.4 is 4.80 Å². The summed E-state index contributed by atoms with van der Waals surface area (Å²) in [6.07, 6.45) is 2.78. The number of piperidine rings is 1. The van der Waals surface area contributed by atoms with Gasteiger partial charge in [-0.15, -0.1) is 11.3 Å². The third-order valence-electron chi connectivity index (χ3n) is 8.53. The van der Waals surface area contributed by atoms with Crippen molar-refractivity contribution >= 4 is 27.0 Å². The lowest BCUT2D eigenvalue weighted by Crippen LogP contribution is -2.39. The van der Waals surface area contributed by atoms with Crippen molar-refractivity contribution in [2.24, 2.45) is 10.9 Å². The van der Waals surface area contributed by atoms with Gasteiger partial charge in [0.25, 0.3) is 0 Å². The molecule has 3 aromatic carbocycles. The number of benzene rings is 3. The first kappa shape index (κ1) is 30.0. The Kier molecular flexibility index (Phi) is 9.55. The van der Waals surface area contributed by atoms with Gasteiger partial charge in [0.1, 0.15) is 0 Å². The van der Waals surface area contributed by atoms with Gasteiger partial charge in [0.2, 0.25) is 10.0 Å². The Balaban J connectivity index is 1.19. The average molecular weight is 617 g/mol. The molecule has 2 fully saturated rings. The SMILES string of the molecule is Cc1ccc(N=c2scc(-c3ccc(S(=O)(=O)N4CCC(Cc5ccccc5)CC4)cc3)n2CCN2CCOCC2)cc1. The predicted octanol–water partition coefficient (Wildman–Crippen LogP) is 5.73. The molecule has 43 heavy (non-hydrogen) atoms. The van der Waals surface area contributed by atoms with Gasteiger partial charge in [-0.3, -0.25) is 4.90 Å². The predicted molar refractivity (Wildman–Crippen MR) is 173 cm³/mol. The molecule has 0 aliphatic carbocycles. The highest BCUT2D eigenvalue weighted by molar-refractivity contribution is 7.89. The lowest BCUT2D eigenvalue weighted by molar-refractivity contribution is 0.0363. The monoisotopic (exact) mass is 616 g/mol. The summed E-state index contributed by atoms with van der Waals surface area (Å²) in [7, 11) is -3.54. The smallest absolute Gasteiger partial charge is 0.243 e. The number of thiazole rings is 1. The van der Waals surface area contributed by atoms with Crippen molar-refractivity contribution < 1.29 is 13.2 Å². The molecule has 7 nitrogen and oxygen atoms in total. The topological polar surface area (TPSA) is 67.1 Å². The number of morpholine rings is 1. The second-order valence-electron chi connectivity index (χ2n) is 11.5. The maximum atomic E-state index is 13.6. The first-order valence-electron chi connectivity index (χ1n) is 15.2. The van der Waals surface area contributed by atoms with Crippen molar-refractivity contribution in [2.45, 2.75) is 37.6 Å². The summed E-state index contributed by atoms with van der Waals surface area (Å²) in [5, 5.41) is 2.13. The standard InChI is InChI=1S/C34H40N4O3S2/c1-27-7-11-31(12-8-27)35-34-38(20-19-36-21-23-41-24-22-36)33(26-42-34)30-9-13-32(14-10-30)43(39,40)37-17-15-29(16-18-37)25-28-5-3-2-4-6-28/h2-14,26,29H,15-25H2,1H3. The zero-order valence-corrected chi connectivity index (χ0v) is 26.4. The quantitative estimate of drug-likeness (QED) is 0.241. The zero-order valence-electron chi connectivity index (χ0n) is 24.8. The summed E-state index contributed by atoms with van der Waals surface area (Å²) in [6, 6.07) is 26.2. The van der Waals surface area contributed by atoms with Gasteiger partial charge in [-0.25, -0.2) is 13.4 Å². The molecule has 6 rings (SSSR count). The van der Waals surface area contributed by atoms with E-state index in [4.69, 9.17) is 9.73 Å². The molecule has 4 aromatic rings. The highest BCUT2D eigenvalue weighted by Gasteiger charge is 2.29. The molecule has 2 aliphatic heterocycles. The molecule has 0 spiro atoms. The molecule has 2 aliphatic rings. The van der Waals surface area contributed by atoms with E-state index in [-0.39, 0.29) is 0 Å². The van der Waals surface area contributed by atoms with E-state index in [1.54, 1.807) is 27.8 Å². The minimum Gasteiger partial charge on any atom is -0.379 e. The van der Waals surface area contributed by atoms with Crippen LogP contribution in [0.5, 0.6) is 0 Å². The van der Waals surface area contributed by atoms with Crippen molar-refractivity contribution in [3.8, 4) is 11.3 Å². The van der Waals surface area contributed by atoms with Crippen LogP contribution >= 0.6 is 11.3 Å². The molecule has 0 radical (unpaired) electrons. The van der Waals surface area contributed by atoms with Gasteiger partial charge in [0.05, 0.1) is 29.5 Å². The highest BCUT2D eigenvalue weighted by Crippen LogP contribution is 2.28. The van der Waals surface area contributed by atoms with Crippen molar-refractivity contribution in [3.63, 3.8) is 0 Å². The Hall–Kier alpha value is -3.08. The fourth-order valence-electron chi connectivity index (χ4n) is 5.91. The number of aromatic nitrogens is 1. The first-order valence-corrected chi connectivity index (χ1v) is 17.5. The Morgan fingerprint density at radius 2 is 1.56 bits per heavy atom. The van der Waals surface area contributed by atoms with Gasteiger partial charge in [-0.2, -0.15) is 4.31 Å². The number of hydrogen-bond donors (Lipinski definition) is 0. The van der Waals surface area contributed by atoms with E-state index in [2.05, 4.69) is 58.2 Å². The summed E-state index contributed by atoms with van der Waals surface area (Å²) in [5.74, 6) is 0.516. The van der Waals surface area contributed by atoms with E-state index in [1.807, 2.05) is 30.3 Å². The van der Waals surface area contributed by atoms with Crippen LogP contribution in [-0.4, -0.2) is 68.1 Å². The van der Waals surface area contributed by atoms with E-state index in [0.29, 0.717) is 23.9 Å². The molecule has 0 saturated carbocycles. The largest absolute Gasteiger partial charge is 0.379 e. The fourth-order valence-corrected chi connectivity index (χ4v) is 8.33. The summed E-state index contributed by atoms with van der Waals surface area (Å²) in [6.45, 7) is 8.30. The molecule has 1 aromatic heterocycles. The fraction of sp³-hybridized carbons (Fsp3) is 0.382. The van der Waals surface area contributed by atoms with E-state index in [1.165, 1.54) is 11.1 Å². The number of sulfonamides is 1. The Morgan fingerprint density at radius 1 is 0.860 bits per heavy atom. The molecular weight excluding hydrogens is 577 g/mol. The van der Waals surface area contributed by atoms with Crippen molar-refractivity contribution in [3.05, 3.63) is 100 Å². The van der Waals surface area contributed by atoms with Gasteiger partial charge in [-0.05, 0) is 67.5 Å². The van der Waals surface area contributed by atoms with Crippen LogP contribution in [0, 0.1) is 12.8 Å². The van der Waals surface area contributed by atoms with Gasteiger partial charge < -0.3 is 9.30 Å². The Morgan fingerprint density at radius 3 is 2.26 bits per heavy atom. The number of rotatable bonds is 9. The third-order valence-corrected chi connectivity index (χ3v) is 11.3. The van der Waals surface area contributed by atoms with Crippen LogP contribution in [-0.2, 0) is 27.7 Å². The summed E-state index contributed by atoms with van der Waals surface area (Å²) in [5.41, 5.74) is 5.49. The van der Waals surface area contributed by atoms with Gasteiger partial charge in [0, 0.05) is 44.6 Å². The number of nitrogens with zero attached hydrogens (tertiary/aromatic N) is 4. The lowest BCUT2D eigenvalue weighted by Gasteiger charge is -2.31. The van der Waals surface area contributed by atoms with Gasteiger partial charge >= 0.3 is 0 Å². The van der Waals surface area contributed by atoms with Crippen LogP contribution in [0.3, 0.4) is 0 Å². The highest BCUT2D eigenvalue weighted by atomic mass is 32.2. The van der Waals surface area contributed by atoms with Crippen LogP contribution in [0.1, 0.15) is 24.0 Å². The lowest BCUT2D eigenvalue weighted by atomic mass is 9.91. The minimum atomic E-state index is -3.54. The molecule has 0 unspecified atom stereocenters. The summed E-state index contributed by atoms with van der Waals surface area (Å²) < 4.78 is 36.6. The van der Waals surface area contributed by atoms with Gasteiger partial charge in [0.15, 0.2) is 4.80 Å². The van der Waals surface area contributed by atoms with Crippen molar-refractivity contribution in [2.75, 3.05) is 45.9 Å². The summed E-state index contributed by atoms with van der Waals surface area (Å²) >= 11 is 1.62. The third kappa shape index (κ3) is 7.36. The number of aryl methyl sites for hydroxylation is 1. The molecule has 226 valence electrons. The molecule has 0 amide bonds. The average Bonchev–Trinajstić information content (AvgIpc) is 3.44. The maximum Gasteiger partial charge on any atom is 0.243 e. The van der Waals surface area contributed by atoms with Crippen molar-refractivity contribution in [1.82, 2.24) is 13.8 Å². The van der Waals surface area contributed by atoms with Crippen LogP contribution in [0.25, 0.3) is 11.3 Å². The minimum absolute atomic E-state index is 0.359. The van der Waals surface area contributed by atoms with Gasteiger partial charge in [-0.1, -0.05) is 60.2 Å². The molecule has 3 heterocycles. The zero-order chi connectivity index (χ0) is 29.6. The summed E-state index contributed by atoms with van der Waals surface area (Å²) in [4.78, 5) is 8.69. The molecule has 2 saturated heterocycles. The number of hydrogen-bond acceptors (Lipinski definition) is 6. The maximum absolute atomic E-state index is 13.6. The second-order valence-corrected chi connectivity index (χ2v) is 14.3. The Labute approximate surface area is 259 Å². The normalized spacial score (nSPS) is 17.8. The molecule has 9 heteroatoms. The van der Waals surface area contributed by atoms with Crippen LogP contribution in [0.2, 0.25) is 0 Å². The molecular formula is C34H40N4O3S2. The molecule has 0 bridgehead atoms. The second kappa shape index (κ2) is 13.7. The molecule has 0 N–H and O–H groups in total. The van der Waals surface area contributed by atoms with Crippen molar-refractivity contribution in [1.29, 1.82) is 0 Å². The van der Waals surface area contributed by atoms with E-state index < -0.39 is 10.0 Å². The van der Waals surface area contributed by atoms with E-state index in [0.717, 1.165) is 80.4 Å². The van der Waals surface area contributed by atoms with E-state index in [9.17, 15) is 8.42 Å². The molecule has 0 atom stereocenters. The Bertz CT molecular complexity index is 1650.